The second kappa shape index (κ2) is 12.1. The van der Waals surface area contributed by atoms with E-state index in [1.165, 1.54) is 6.92 Å². The number of carbonyl (C=O) groups excluding carboxylic acids is 1. The maximum absolute atomic E-state index is 10.3. The molecule has 0 heterocycles. The van der Waals surface area contributed by atoms with Gasteiger partial charge in [-0.05, 0) is 27.7 Å². The van der Waals surface area contributed by atoms with Crippen LogP contribution in [0.5, 0.6) is 0 Å². The van der Waals surface area contributed by atoms with Gasteiger partial charge in [0.05, 0.1) is 6.61 Å². The van der Waals surface area contributed by atoms with E-state index in [1.807, 2.05) is 0 Å². The molecule has 0 saturated carbocycles. The molecular formula is C8H18O4Ti. The molecule has 0 saturated heterocycles. The van der Waals surface area contributed by atoms with Crippen molar-refractivity contribution in [3.8, 4) is 0 Å². The zero-order chi connectivity index (χ0) is 10.1. The number of carbonyl (C=O) groups is 1. The smallest absolute Gasteiger partial charge is 0.334 e. The second-order valence-corrected chi connectivity index (χ2v) is 2.52. The van der Waals surface area contributed by atoms with Crippen molar-refractivity contribution in [2.45, 2.75) is 39.9 Å². The molecule has 0 aliphatic heterocycles. The minimum absolute atomic E-state index is 0. The molecule has 5 heteroatoms. The number of aliphatic hydroxyl groups excluding tert-OH is 2. The normalized spacial score (nSPS) is 10.7. The fourth-order valence-corrected chi connectivity index (χ4v) is 0.263. The van der Waals surface area contributed by atoms with Gasteiger partial charge in [-0.1, -0.05) is 0 Å². The maximum Gasteiger partial charge on any atom is 0.334 e. The SMILES string of the molecule is CC(C)O.CCOC(=O)C(C)O.[Ti]. The molecule has 0 fully saturated rings. The van der Waals surface area contributed by atoms with Gasteiger partial charge < -0.3 is 14.9 Å². The number of ether oxygens (including phenoxy) is 1. The quantitative estimate of drug-likeness (QED) is 0.525. The molecule has 1 atom stereocenters. The largest absolute Gasteiger partial charge is 0.464 e. The first-order chi connectivity index (χ1) is 5.41. The predicted molar refractivity (Wildman–Crippen MR) is 45.7 cm³/mol. The summed E-state index contributed by atoms with van der Waals surface area (Å²) in [6.45, 7) is 6.84. The van der Waals surface area contributed by atoms with Gasteiger partial charge >= 0.3 is 5.97 Å². The zero-order valence-electron chi connectivity index (χ0n) is 8.57. The van der Waals surface area contributed by atoms with Crippen molar-refractivity contribution in [3.05, 3.63) is 0 Å². The Morgan fingerprint density at radius 1 is 1.31 bits per heavy atom. The number of hydrogen-bond donors (Lipinski definition) is 2. The summed E-state index contributed by atoms with van der Waals surface area (Å²) < 4.78 is 4.41. The molecule has 0 aromatic carbocycles. The number of hydrogen-bond acceptors (Lipinski definition) is 4. The molecule has 0 spiro atoms. The van der Waals surface area contributed by atoms with Gasteiger partial charge in [0.25, 0.3) is 0 Å². The van der Waals surface area contributed by atoms with Crippen LogP contribution in [0, 0.1) is 0 Å². The monoisotopic (exact) mass is 226 g/mol. The fourth-order valence-electron chi connectivity index (χ4n) is 0.263. The molecule has 0 rings (SSSR count). The Hall–Kier alpha value is 0.104. The van der Waals surface area contributed by atoms with Crippen LogP contribution in [0.1, 0.15) is 27.7 Å². The van der Waals surface area contributed by atoms with Crippen LogP contribution in [0.2, 0.25) is 0 Å². The molecule has 0 radical (unpaired) electrons. The van der Waals surface area contributed by atoms with Crippen molar-refractivity contribution in [1.82, 2.24) is 0 Å². The van der Waals surface area contributed by atoms with Gasteiger partial charge in [-0.15, -0.1) is 0 Å². The molecule has 0 amide bonds. The van der Waals surface area contributed by atoms with E-state index in [-0.39, 0.29) is 27.8 Å². The Morgan fingerprint density at radius 3 is 1.69 bits per heavy atom. The van der Waals surface area contributed by atoms with Crippen molar-refractivity contribution in [2.24, 2.45) is 0 Å². The van der Waals surface area contributed by atoms with Crippen LogP contribution in [0.4, 0.5) is 0 Å². The topological polar surface area (TPSA) is 66.8 Å². The van der Waals surface area contributed by atoms with Gasteiger partial charge in [-0.2, -0.15) is 0 Å². The minimum atomic E-state index is -0.991. The summed E-state index contributed by atoms with van der Waals surface area (Å²) >= 11 is 0. The molecule has 0 aromatic rings. The molecule has 0 bridgehead atoms. The minimum Gasteiger partial charge on any atom is -0.464 e. The Labute approximate surface area is 94.2 Å². The van der Waals surface area contributed by atoms with Gasteiger partial charge in [-0.25, -0.2) is 4.79 Å². The molecule has 2 N–H and O–H groups in total. The van der Waals surface area contributed by atoms with Crippen LogP contribution in [0.3, 0.4) is 0 Å². The van der Waals surface area contributed by atoms with Crippen LogP contribution >= 0.6 is 0 Å². The Kier molecular flexibility index (Phi) is 17.5. The fraction of sp³-hybridized carbons (Fsp3) is 0.875. The third-order valence-corrected chi connectivity index (χ3v) is 0.628. The molecule has 78 valence electrons. The molecule has 4 nitrogen and oxygen atoms in total. The van der Waals surface area contributed by atoms with E-state index in [1.54, 1.807) is 20.8 Å². The van der Waals surface area contributed by atoms with E-state index in [9.17, 15) is 4.79 Å². The Balaban J connectivity index is -0.000000173. The van der Waals surface area contributed by atoms with Gasteiger partial charge in [0, 0.05) is 27.8 Å². The molecular weight excluding hydrogens is 208 g/mol. The van der Waals surface area contributed by atoms with Gasteiger partial charge in [-0.3, -0.25) is 0 Å². The predicted octanol–water partition coefficient (Wildman–Crippen LogP) is 0.315. The first-order valence-electron chi connectivity index (χ1n) is 3.94. The van der Waals surface area contributed by atoms with Crippen molar-refractivity contribution in [2.75, 3.05) is 6.61 Å². The van der Waals surface area contributed by atoms with Crippen LogP contribution < -0.4 is 0 Å². The van der Waals surface area contributed by atoms with E-state index in [4.69, 9.17) is 10.2 Å². The first-order valence-corrected chi connectivity index (χ1v) is 3.94. The summed E-state index contributed by atoms with van der Waals surface area (Å²) in [5.41, 5.74) is 0. The number of rotatable bonds is 2. The third-order valence-electron chi connectivity index (χ3n) is 0.628. The van der Waals surface area contributed by atoms with E-state index >= 15 is 0 Å². The van der Waals surface area contributed by atoms with Crippen LogP contribution in [-0.2, 0) is 31.2 Å². The number of aliphatic hydroxyl groups is 2. The number of esters is 1. The summed E-state index contributed by atoms with van der Waals surface area (Å²) in [6, 6.07) is 0. The summed E-state index contributed by atoms with van der Waals surface area (Å²) in [5.74, 6) is -0.562. The molecule has 13 heavy (non-hydrogen) atoms. The Morgan fingerprint density at radius 2 is 1.62 bits per heavy atom. The summed E-state index contributed by atoms with van der Waals surface area (Å²) in [4.78, 5) is 10.3. The van der Waals surface area contributed by atoms with E-state index in [0.717, 1.165) is 0 Å². The molecule has 1 unspecified atom stereocenters. The average Bonchev–Trinajstić information content (AvgIpc) is 1.86. The maximum atomic E-state index is 10.3. The standard InChI is InChI=1S/C5H10O3.C3H8O.Ti/c1-3-8-5(7)4(2)6;1-3(2)4;/h4,6H,3H2,1-2H3;3-4H,1-2H3;. The average molecular weight is 226 g/mol. The van der Waals surface area contributed by atoms with E-state index in [2.05, 4.69) is 4.74 Å². The molecule has 0 aliphatic rings. The van der Waals surface area contributed by atoms with Crippen molar-refractivity contribution < 1.29 is 41.5 Å². The van der Waals surface area contributed by atoms with E-state index < -0.39 is 12.1 Å². The van der Waals surface area contributed by atoms with Crippen molar-refractivity contribution in [1.29, 1.82) is 0 Å². The summed E-state index contributed by atoms with van der Waals surface area (Å²) in [7, 11) is 0. The van der Waals surface area contributed by atoms with Crippen LogP contribution in [0.15, 0.2) is 0 Å². The summed E-state index contributed by atoms with van der Waals surface area (Å²) in [6.07, 6.45) is -1.16. The first kappa shape index (κ1) is 18.8. The van der Waals surface area contributed by atoms with Crippen LogP contribution in [-0.4, -0.2) is 35.0 Å². The molecule has 0 aromatic heterocycles. The second-order valence-electron chi connectivity index (χ2n) is 2.52. The molecule has 0 aliphatic carbocycles. The third kappa shape index (κ3) is 24.5. The van der Waals surface area contributed by atoms with Crippen molar-refractivity contribution in [3.63, 3.8) is 0 Å². The van der Waals surface area contributed by atoms with Gasteiger partial charge in [0.15, 0.2) is 0 Å². The summed E-state index contributed by atoms with van der Waals surface area (Å²) in [5, 5.41) is 16.5. The van der Waals surface area contributed by atoms with E-state index in [0.29, 0.717) is 6.61 Å². The van der Waals surface area contributed by atoms with Crippen molar-refractivity contribution >= 4 is 5.97 Å². The zero-order valence-corrected chi connectivity index (χ0v) is 10.1. The van der Waals surface area contributed by atoms with Gasteiger partial charge in [0.1, 0.15) is 6.10 Å². The van der Waals surface area contributed by atoms with Gasteiger partial charge in [0.2, 0.25) is 0 Å². The van der Waals surface area contributed by atoms with Crippen LogP contribution in [0.25, 0.3) is 0 Å². The Bertz CT molecular complexity index is 112.